The zero-order valence-electron chi connectivity index (χ0n) is 17.5. The van der Waals surface area contributed by atoms with Gasteiger partial charge in [-0.15, -0.1) is 0 Å². The van der Waals surface area contributed by atoms with Gasteiger partial charge in [0.05, 0.1) is 6.10 Å². The maximum absolute atomic E-state index is 13.5. The van der Waals surface area contributed by atoms with Gasteiger partial charge in [0, 0.05) is 10.4 Å². The summed E-state index contributed by atoms with van der Waals surface area (Å²) >= 11 is 6.02. The molecule has 29 heavy (non-hydrogen) atoms. The first-order valence-corrected chi connectivity index (χ1v) is 11.6. The van der Waals surface area contributed by atoms with Gasteiger partial charge in [0.15, 0.2) is 5.78 Å². The molecular weight excluding hydrogens is 380 g/mol. The van der Waals surface area contributed by atoms with Crippen LogP contribution in [0.4, 0.5) is 0 Å². The topological polar surface area (TPSA) is 37.3 Å². The van der Waals surface area contributed by atoms with E-state index in [2.05, 4.69) is 26.0 Å². The van der Waals surface area contributed by atoms with Crippen molar-refractivity contribution in [2.75, 3.05) is 0 Å². The molecule has 0 aliphatic heterocycles. The maximum Gasteiger partial charge on any atom is 0.165 e. The number of aliphatic hydroxyl groups is 1. The predicted molar refractivity (Wildman–Crippen MR) is 118 cm³/mol. The lowest BCUT2D eigenvalue weighted by molar-refractivity contribution is -0.130. The normalized spacial score (nSPS) is 42.8. The number of aliphatic hydroxyl groups excluding tert-OH is 1. The number of rotatable bonds is 1. The van der Waals surface area contributed by atoms with Crippen LogP contribution in [0.3, 0.4) is 0 Å². The van der Waals surface area contributed by atoms with E-state index < -0.39 is 0 Å². The van der Waals surface area contributed by atoms with Gasteiger partial charge < -0.3 is 5.11 Å². The van der Waals surface area contributed by atoms with E-state index >= 15 is 0 Å². The summed E-state index contributed by atoms with van der Waals surface area (Å²) in [5.74, 6) is 2.04. The van der Waals surface area contributed by atoms with Crippen LogP contribution in [0.5, 0.6) is 0 Å². The van der Waals surface area contributed by atoms with Gasteiger partial charge in [-0.25, -0.2) is 0 Å². The van der Waals surface area contributed by atoms with E-state index in [1.807, 2.05) is 24.3 Å². The summed E-state index contributed by atoms with van der Waals surface area (Å²) in [6.45, 7) is 4.66. The zero-order valence-corrected chi connectivity index (χ0v) is 18.2. The number of hydrogen-bond donors (Lipinski definition) is 1. The summed E-state index contributed by atoms with van der Waals surface area (Å²) in [4.78, 5) is 13.5. The summed E-state index contributed by atoms with van der Waals surface area (Å²) in [7, 11) is 0. The molecule has 3 saturated carbocycles. The lowest BCUT2D eigenvalue weighted by atomic mass is 9.48. The van der Waals surface area contributed by atoms with Crippen molar-refractivity contribution in [3.05, 3.63) is 52.1 Å². The molecule has 3 fully saturated rings. The Kier molecular flexibility index (Phi) is 4.60. The van der Waals surface area contributed by atoms with Crippen LogP contribution in [0.2, 0.25) is 5.02 Å². The molecule has 1 N–H and O–H groups in total. The van der Waals surface area contributed by atoms with Crippen LogP contribution in [-0.4, -0.2) is 17.0 Å². The van der Waals surface area contributed by atoms with E-state index in [-0.39, 0.29) is 16.9 Å². The highest BCUT2D eigenvalue weighted by atomic mass is 35.5. The standard InChI is InChI=1S/C26H31ClO2/c1-25-11-9-20(28)15-18(25)5-8-21-22(25)10-12-26(2)23(21)14-17(24(26)29)13-16-3-6-19(27)7-4-16/h3-7,13,20-23,28H,8-12,14-15H2,1-2H3/b17-13+/t20-,21+,22-,23+,25+,26-/m0/s1. The van der Waals surface area contributed by atoms with Gasteiger partial charge in [-0.3, -0.25) is 4.79 Å². The summed E-state index contributed by atoms with van der Waals surface area (Å²) in [6, 6.07) is 7.79. The second kappa shape index (κ2) is 6.82. The average Bonchev–Trinajstić information content (AvgIpc) is 2.95. The number of Topliss-reactive ketones (excluding diaryl/α,β-unsaturated/α-hetero) is 1. The highest BCUT2D eigenvalue weighted by Crippen LogP contribution is 2.64. The van der Waals surface area contributed by atoms with E-state index in [0.29, 0.717) is 23.5 Å². The van der Waals surface area contributed by atoms with E-state index in [4.69, 9.17) is 11.6 Å². The van der Waals surface area contributed by atoms with Crippen LogP contribution in [0.15, 0.2) is 41.5 Å². The predicted octanol–water partition coefficient (Wildman–Crippen LogP) is 6.23. The molecule has 5 rings (SSSR count). The quantitative estimate of drug-likeness (QED) is 0.440. The monoisotopic (exact) mass is 410 g/mol. The molecule has 2 nitrogen and oxygen atoms in total. The lowest BCUT2D eigenvalue weighted by Gasteiger charge is -2.56. The number of carbonyl (C=O) groups is 1. The van der Waals surface area contributed by atoms with Crippen molar-refractivity contribution >= 4 is 23.5 Å². The summed E-state index contributed by atoms with van der Waals surface area (Å²) in [5, 5.41) is 10.9. The fourth-order valence-electron chi connectivity index (χ4n) is 7.20. The number of hydrogen-bond acceptors (Lipinski definition) is 2. The Morgan fingerprint density at radius 3 is 2.52 bits per heavy atom. The Morgan fingerprint density at radius 1 is 1.03 bits per heavy atom. The van der Waals surface area contributed by atoms with Gasteiger partial charge in [-0.05, 0) is 97.5 Å². The van der Waals surface area contributed by atoms with Crippen LogP contribution in [0.1, 0.15) is 64.4 Å². The molecule has 0 heterocycles. The number of carbonyl (C=O) groups excluding carboxylic acids is 1. The SMILES string of the molecule is C[C@]12CC[C@H]3[C@@H](CC=C4C[C@@H](O)CC[C@]43C)[C@H]1C/C(=C\c1ccc(Cl)cc1)C2=O. The van der Waals surface area contributed by atoms with Crippen LogP contribution in [-0.2, 0) is 4.79 Å². The number of halogens is 1. The molecular formula is C26H31ClO2. The molecule has 3 heteroatoms. The van der Waals surface area contributed by atoms with E-state index in [1.54, 1.807) is 0 Å². The minimum absolute atomic E-state index is 0.165. The molecule has 0 aromatic heterocycles. The Balaban J connectivity index is 1.47. The molecule has 0 unspecified atom stereocenters. The van der Waals surface area contributed by atoms with Gasteiger partial charge in [0.2, 0.25) is 0 Å². The number of allylic oxidation sites excluding steroid dienone is 2. The molecule has 1 aromatic carbocycles. The minimum Gasteiger partial charge on any atom is -0.393 e. The molecule has 0 amide bonds. The minimum atomic E-state index is -0.213. The number of fused-ring (bicyclic) bond motifs is 5. The second-order valence-corrected chi connectivity index (χ2v) is 10.8. The van der Waals surface area contributed by atoms with E-state index in [1.165, 1.54) is 5.57 Å². The third-order valence-electron chi connectivity index (χ3n) is 8.93. The molecule has 4 aliphatic carbocycles. The molecule has 0 radical (unpaired) electrons. The third kappa shape index (κ3) is 2.98. The van der Waals surface area contributed by atoms with Crippen molar-refractivity contribution in [2.45, 2.75) is 64.9 Å². The number of benzene rings is 1. The Labute approximate surface area is 179 Å². The first-order chi connectivity index (χ1) is 13.8. The highest BCUT2D eigenvalue weighted by molar-refractivity contribution is 6.30. The highest BCUT2D eigenvalue weighted by Gasteiger charge is 2.59. The third-order valence-corrected chi connectivity index (χ3v) is 9.18. The second-order valence-electron chi connectivity index (χ2n) is 10.4. The van der Waals surface area contributed by atoms with Gasteiger partial charge in [-0.2, -0.15) is 0 Å². The van der Waals surface area contributed by atoms with Crippen molar-refractivity contribution in [3.63, 3.8) is 0 Å². The zero-order chi connectivity index (χ0) is 20.4. The van der Waals surface area contributed by atoms with Crippen LogP contribution in [0.25, 0.3) is 6.08 Å². The molecule has 0 saturated heterocycles. The van der Waals surface area contributed by atoms with Gasteiger partial charge in [-0.1, -0.05) is 49.2 Å². The molecule has 6 atom stereocenters. The Hall–Kier alpha value is -1.38. The van der Waals surface area contributed by atoms with Crippen molar-refractivity contribution in [3.8, 4) is 0 Å². The molecule has 154 valence electrons. The first-order valence-electron chi connectivity index (χ1n) is 11.2. The summed E-state index contributed by atoms with van der Waals surface area (Å²) in [6.07, 6.45) is 11.3. The lowest BCUT2D eigenvalue weighted by Crippen LogP contribution is -2.50. The Bertz CT molecular complexity index is 898. The van der Waals surface area contributed by atoms with Crippen LogP contribution < -0.4 is 0 Å². The summed E-state index contributed by atoms with van der Waals surface area (Å²) < 4.78 is 0. The van der Waals surface area contributed by atoms with Crippen LogP contribution >= 0.6 is 11.6 Å². The van der Waals surface area contributed by atoms with Crippen molar-refractivity contribution < 1.29 is 9.90 Å². The van der Waals surface area contributed by atoms with E-state index in [9.17, 15) is 9.90 Å². The van der Waals surface area contributed by atoms with Gasteiger partial charge in [0.25, 0.3) is 0 Å². The van der Waals surface area contributed by atoms with Crippen molar-refractivity contribution in [1.82, 2.24) is 0 Å². The smallest absolute Gasteiger partial charge is 0.165 e. The average molecular weight is 411 g/mol. The first kappa shape index (κ1) is 19.6. The maximum atomic E-state index is 13.5. The molecule has 4 aliphatic rings. The van der Waals surface area contributed by atoms with Crippen molar-refractivity contribution in [2.24, 2.45) is 28.6 Å². The van der Waals surface area contributed by atoms with Crippen molar-refractivity contribution in [1.29, 1.82) is 0 Å². The molecule has 0 spiro atoms. The summed E-state index contributed by atoms with van der Waals surface area (Å²) in [5.41, 5.74) is 3.56. The molecule has 0 bridgehead atoms. The Morgan fingerprint density at radius 2 is 1.76 bits per heavy atom. The fourth-order valence-corrected chi connectivity index (χ4v) is 7.33. The molecule has 1 aromatic rings. The van der Waals surface area contributed by atoms with Gasteiger partial charge in [0.1, 0.15) is 0 Å². The fraction of sp³-hybridized carbons (Fsp3) is 0.577. The van der Waals surface area contributed by atoms with E-state index in [0.717, 1.165) is 61.1 Å². The largest absolute Gasteiger partial charge is 0.393 e. The van der Waals surface area contributed by atoms with Gasteiger partial charge >= 0.3 is 0 Å². The van der Waals surface area contributed by atoms with Crippen LogP contribution in [0, 0.1) is 28.6 Å². The number of ketones is 1.